The van der Waals surface area contributed by atoms with Crippen molar-refractivity contribution in [3.8, 4) is 6.07 Å². The number of H-pyrrole nitrogens is 1. The number of fused-ring (bicyclic) bond motifs is 3. The zero-order valence-electron chi connectivity index (χ0n) is 12.5. The van der Waals surface area contributed by atoms with Gasteiger partial charge in [0.25, 0.3) is 0 Å². The summed E-state index contributed by atoms with van der Waals surface area (Å²) in [4.78, 5) is 9.00. The third-order valence-corrected chi connectivity index (χ3v) is 5.26. The zero-order chi connectivity index (χ0) is 16.7. The minimum Gasteiger partial charge on any atom is -0.770 e. The fourth-order valence-electron chi connectivity index (χ4n) is 3.39. The van der Waals surface area contributed by atoms with Crippen LogP contribution in [-0.2, 0) is 11.1 Å². The molecule has 0 spiro atoms. The van der Waals surface area contributed by atoms with E-state index in [0.29, 0.717) is 24.3 Å². The highest BCUT2D eigenvalue weighted by atomic mass is 32.2. The van der Waals surface area contributed by atoms with E-state index in [1.165, 1.54) is 0 Å². The number of nitriles is 1. The number of nitrogens with one attached hydrogen (secondary N) is 1. The first-order chi connectivity index (χ1) is 11.7. The van der Waals surface area contributed by atoms with Gasteiger partial charge in [0.1, 0.15) is 5.52 Å². The molecule has 1 aliphatic heterocycles. The van der Waals surface area contributed by atoms with E-state index in [2.05, 4.69) is 20.2 Å². The van der Waals surface area contributed by atoms with Gasteiger partial charge in [-0.15, -0.1) is 10.2 Å². The number of rotatable bonds is 3. The van der Waals surface area contributed by atoms with Crippen LogP contribution in [0.15, 0.2) is 24.7 Å². The molecule has 0 amide bonds. The lowest BCUT2D eigenvalue weighted by molar-refractivity contribution is 0.333. The molecule has 9 heteroatoms. The van der Waals surface area contributed by atoms with Crippen LogP contribution < -0.4 is 0 Å². The summed E-state index contributed by atoms with van der Waals surface area (Å²) in [5.74, 6) is 0.0999. The minimum atomic E-state index is -2.44. The fraction of sp³-hybridized carbons (Fsp3) is 0.333. The zero-order valence-corrected chi connectivity index (χ0v) is 13.4. The summed E-state index contributed by atoms with van der Waals surface area (Å²) in [7, 11) is 0. The van der Waals surface area contributed by atoms with Gasteiger partial charge in [-0.1, -0.05) is 0 Å². The average molecular weight is 341 g/mol. The Morgan fingerprint density at radius 1 is 1.46 bits per heavy atom. The van der Waals surface area contributed by atoms with E-state index in [1.807, 2.05) is 18.3 Å². The first-order valence-corrected chi connectivity index (χ1v) is 8.62. The largest absolute Gasteiger partial charge is 0.770 e. The molecule has 3 atom stereocenters. The number of nitrogens with zero attached hydrogens (tertiary/aromatic N) is 5. The molecule has 24 heavy (non-hydrogen) atoms. The summed E-state index contributed by atoms with van der Waals surface area (Å²) in [6.45, 7) is 1.06. The van der Waals surface area contributed by atoms with Gasteiger partial charge in [0.2, 0.25) is 0 Å². The molecular weight excluding hydrogens is 328 g/mol. The van der Waals surface area contributed by atoms with Crippen LogP contribution >= 0.6 is 0 Å². The Balaban J connectivity index is 1.77. The van der Waals surface area contributed by atoms with Crippen molar-refractivity contribution >= 4 is 33.0 Å². The van der Waals surface area contributed by atoms with Gasteiger partial charge < -0.3 is 9.54 Å². The van der Waals surface area contributed by atoms with Crippen LogP contribution in [0.2, 0.25) is 0 Å². The van der Waals surface area contributed by atoms with Gasteiger partial charge in [-0.2, -0.15) is 5.26 Å². The molecule has 0 aliphatic carbocycles. The molecule has 122 valence electrons. The van der Waals surface area contributed by atoms with E-state index in [-0.39, 0.29) is 5.92 Å². The van der Waals surface area contributed by atoms with Crippen molar-refractivity contribution < 1.29 is 8.76 Å². The molecule has 0 aromatic carbocycles. The predicted molar refractivity (Wildman–Crippen MR) is 86.4 cm³/mol. The molecule has 8 nitrogen and oxygen atoms in total. The van der Waals surface area contributed by atoms with Crippen molar-refractivity contribution in [1.29, 1.82) is 5.26 Å². The van der Waals surface area contributed by atoms with Crippen LogP contribution in [0.4, 0.5) is 0 Å². The molecule has 3 aromatic heterocycles. The number of aromatic amines is 1. The highest BCUT2D eigenvalue weighted by molar-refractivity contribution is 7.80. The summed E-state index contributed by atoms with van der Waals surface area (Å²) >= 11 is -2.44. The van der Waals surface area contributed by atoms with Crippen LogP contribution in [0.3, 0.4) is 0 Å². The summed E-state index contributed by atoms with van der Waals surface area (Å²) in [6.07, 6.45) is 6.07. The van der Waals surface area contributed by atoms with E-state index in [1.54, 1.807) is 17.3 Å². The van der Waals surface area contributed by atoms with E-state index in [9.17, 15) is 8.76 Å². The molecule has 4 rings (SSSR count). The lowest BCUT2D eigenvalue weighted by Gasteiger charge is -2.23. The third-order valence-electron chi connectivity index (χ3n) is 4.49. The first-order valence-electron chi connectivity index (χ1n) is 7.48. The van der Waals surface area contributed by atoms with Gasteiger partial charge in [0.05, 0.1) is 12.3 Å². The van der Waals surface area contributed by atoms with Crippen molar-refractivity contribution in [3.05, 3.63) is 30.2 Å². The van der Waals surface area contributed by atoms with Crippen LogP contribution in [0.1, 0.15) is 17.9 Å². The van der Waals surface area contributed by atoms with Crippen molar-refractivity contribution in [1.82, 2.24) is 25.1 Å². The Morgan fingerprint density at radius 2 is 2.33 bits per heavy atom. The Hall–Kier alpha value is -2.41. The first kappa shape index (κ1) is 15.1. The third kappa shape index (κ3) is 2.36. The molecule has 3 unspecified atom stereocenters. The second kappa shape index (κ2) is 5.90. The molecule has 4 heterocycles. The highest BCUT2D eigenvalue weighted by Crippen LogP contribution is 2.34. The topological polar surface area (TPSA) is 122 Å². The summed E-state index contributed by atoms with van der Waals surface area (Å²) in [6, 6.07) is 3.80. The number of pyridine rings is 1. The molecule has 0 saturated carbocycles. The second-order valence-electron chi connectivity index (χ2n) is 5.79. The number of aromatic nitrogens is 4. The fourth-order valence-corrected chi connectivity index (χ4v) is 3.91. The van der Waals surface area contributed by atoms with Crippen LogP contribution in [0.5, 0.6) is 0 Å². The Kier molecular flexibility index (Phi) is 3.72. The quantitative estimate of drug-likeness (QED) is 0.706. The highest BCUT2D eigenvalue weighted by Gasteiger charge is 2.31. The Labute approximate surface area is 139 Å². The van der Waals surface area contributed by atoms with E-state index in [0.717, 1.165) is 22.8 Å². The molecule has 1 aliphatic rings. The maximum absolute atomic E-state index is 11.2. The molecule has 0 radical (unpaired) electrons. The smallest absolute Gasteiger partial charge is 0.161 e. The lowest BCUT2D eigenvalue weighted by Crippen LogP contribution is -2.35. The average Bonchev–Trinajstić information content (AvgIpc) is 3.23. The van der Waals surface area contributed by atoms with Gasteiger partial charge in [-0.05, 0) is 29.1 Å². The monoisotopic (exact) mass is 341 g/mol. The van der Waals surface area contributed by atoms with Crippen LogP contribution in [0.25, 0.3) is 21.9 Å². The SMILES string of the molecule is N#CC(N1CCC(c2cncc3nnc4[nH]ccc4c23)C1)S(=O)[O-]. The molecule has 1 N–H and O–H groups in total. The maximum Gasteiger partial charge on any atom is 0.161 e. The Morgan fingerprint density at radius 3 is 3.12 bits per heavy atom. The summed E-state index contributed by atoms with van der Waals surface area (Å²) in [5, 5.41) is 18.3. The maximum atomic E-state index is 11.2. The lowest BCUT2D eigenvalue weighted by atomic mass is 9.95. The van der Waals surface area contributed by atoms with Gasteiger partial charge in [0.15, 0.2) is 11.0 Å². The molecule has 1 saturated heterocycles. The number of hydrogen-bond acceptors (Lipinski definition) is 7. The van der Waals surface area contributed by atoms with E-state index in [4.69, 9.17) is 5.26 Å². The standard InChI is InChI=1S/C15H14N6O2S/c16-5-13(24(22)23)21-4-2-9(8-21)11-6-17-7-12-14(11)10-1-3-18-15(10)20-19-12/h1,3,6-7,9,13H,2,4,8H2,(H,18,20)(H,22,23)/p-1. The summed E-state index contributed by atoms with van der Waals surface area (Å²) < 4.78 is 22.4. The van der Waals surface area contributed by atoms with E-state index >= 15 is 0 Å². The number of likely N-dealkylation sites (tertiary alicyclic amines) is 1. The molecule has 0 bridgehead atoms. The van der Waals surface area contributed by atoms with Crippen LogP contribution in [0, 0.1) is 11.3 Å². The predicted octanol–water partition coefficient (Wildman–Crippen LogP) is 1.02. The van der Waals surface area contributed by atoms with Crippen molar-refractivity contribution in [2.24, 2.45) is 0 Å². The van der Waals surface area contributed by atoms with Gasteiger partial charge in [-0.25, -0.2) is 0 Å². The van der Waals surface area contributed by atoms with E-state index < -0.39 is 16.5 Å². The van der Waals surface area contributed by atoms with Gasteiger partial charge >= 0.3 is 0 Å². The van der Waals surface area contributed by atoms with Crippen molar-refractivity contribution in [2.75, 3.05) is 13.1 Å². The second-order valence-corrected chi connectivity index (χ2v) is 6.75. The molecular formula is C15H13N6O2S-. The van der Waals surface area contributed by atoms with Crippen LogP contribution in [-0.4, -0.2) is 52.3 Å². The summed E-state index contributed by atoms with van der Waals surface area (Å²) in [5.41, 5.74) is 2.44. The van der Waals surface area contributed by atoms with Crippen molar-refractivity contribution in [2.45, 2.75) is 17.7 Å². The Bertz CT molecular complexity index is 981. The van der Waals surface area contributed by atoms with Crippen molar-refractivity contribution in [3.63, 3.8) is 0 Å². The van der Waals surface area contributed by atoms with Gasteiger partial charge in [-0.3, -0.25) is 14.1 Å². The van der Waals surface area contributed by atoms with Gasteiger partial charge in [0, 0.05) is 42.2 Å². The normalized spacial score (nSPS) is 21.1. The minimum absolute atomic E-state index is 0.0999. The number of hydrogen-bond donors (Lipinski definition) is 1. The molecule has 1 fully saturated rings. The molecule has 3 aromatic rings.